The van der Waals surface area contributed by atoms with Crippen LogP contribution >= 0.6 is 0 Å². The second kappa shape index (κ2) is 7.04. The smallest absolute Gasteiger partial charge is 0.101 e. The monoisotopic (exact) mass is 233 g/mol. The van der Waals surface area contributed by atoms with Crippen LogP contribution in [-0.4, -0.2) is 0 Å². The van der Waals surface area contributed by atoms with Gasteiger partial charge < -0.3 is 17.7 Å². The van der Waals surface area contributed by atoms with Crippen LogP contribution in [0.1, 0.15) is 11.1 Å². The van der Waals surface area contributed by atoms with E-state index < -0.39 is 0 Å². The van der Waals surface area contributed by atoms with Gasteiger partial charge in [0, 0.05) is 11.1 Å². The summed E-state index contributed by atoms with van der Waals surface area (Å²) >= 11 is 0. The summed E-state index contributed by atoms with van der Waals surface area (Å²) in [4.78, 5) is 0. The SMILES string of the molecule is [Cl-].c1ccc(C[NH2+]Cc2ccccc2)cc1. The first-order chi connectivity index (χ1) is 7.45. The average molecular weight is 234 g/mol. The summed E-state index contributed by atoms with van der Waals surface area (Å²) in [6, 6.07) is 21.1. The Balaban J connectivity index is 0.00000128. The van der Waals surface area contributed by atoms with Gasteiger partial charge in [-0.2, -0.15) is 0 Å². The Morgan fingerprint density at radius 1 is 0.625 bits per heavy atom. The molecule has 0 fully saturated rings. The molecule has 0 heterocycles. The largest absolute Gasteiger partial charge is 1.00 e. The molecule has 0 radical (unpaired) electrons. The maximum Gasteiger partial charge on any atom is 0.101 e. The third-order valence-electron chi connectivity index (χ3n) is 2.45. The lowest BCUT2D eigenvalue weighted by Crippen LogP contribution is -3.00. The van der Waals surface area contributed by atoms with Crippen LogP contribution in [-0.2, 0) is 13.1 Å². The van der Waals surface area contributed by atoms with Crippen molar-refractivity contribution in [2.45, 2.75) is 13.1 Å². The van der Waals surface area contributed by atoms with Crippen LogP contribution in [0.5, 0.6) is 0 Å². The number of hydrogen-bond acceptors (Lipinski definition) is 0. The summed E-state index contributed by atoms with van der Waals surface area (Å²) in [6.07, 6.45) is 0. The standard InChI is InChI=1S/C14H15N.ClH/c1-3-7-13(8-4-1)11-15-12-14-9-5-2-6-10-14;/h1-10,15H,11-12H2;1H. The van der Waals surface area contributed by atoms with E-state index in [4.69, 9.17) is 0 Å². The van der Waals surface area contributed by atoms with Crippen molar-refractivity contribution in [1.29, 1.82) is 0 Å². The number of hydrogen-bond donors (Lipinski definition) is 1. The van der Waals surface area contributed by atoms with Crippen molar-refractivity contribution < 1.29 is 17.7 Å². The summed E-state index contributed by atoms with van der Waals surface area (Å²) in [7, 11) is 0. The van der Waals surface area contributed by atoms with Crippen molar-refractivity contribution in [2.75, 3.05) is 0 Å². The van der Waals surface area contributed by atoms with Gasteiger partial charge in [-0.05, 0) is 0 Å². The minimum absolute atomic E-state index is 0. The Morgan fingerprint density at radius 3 is 1.38 bits per heavy atom. The first-order valence-corrected chi connectivity index (χ1v) is 5.34. The predicted octanol–water partition coefficient (Wildman–Crippen LogP) is -1.05. The molecule has 0 aliphatic rings. The number of quaternary nitrogens is 1. The first-order valence-electron chi connectivity index (χ1n) is 5.34. The Bertz CT molecular complexity index is 346. The average Bonchev–Trinajstić information content (AvgIpc) is 2.32. The molecule has 0 spiro atoms. The van der Waals surface area contributed by atoms with Crippen LogP contribution in [0.2, 0.25) is 0 Å². The fourth-order valence-corrected chi connectivity index (χ4v) is 1.63. The van der Waals surface area contributed by atoms with Gasteiger partial charge in [-0.3, -0.25) is 0 Å². The highest BCUT2D eigenvalue weighted by molar-refractivity contribution is 5.14. The molecular formula is C14H16ClN. The number of nitrogens with two attached hydrogens (primary N) is 1. The quantitative estimate of drug-likeness (QED) is 0.695. The van der Waals surface area contributed by atoms with Crippen molar-refractivity contribution in [3.63, 3.8) is 0 Å². The lowest BCUT2D eigenvalue weighted by Gasteiger charge is -2.01. The molecule has 2 heteroatoms. The third kappa shape index (κ3) is 4.05. The van der Waals surface area contributed by atoms with E-state index in [1.54, 1.807) is 0 Å². The van der Waals surface area contributed by atoms with Crippen LogP contribution in [0.3, 0.4) is 0 Å². The normalized spacial score (nSPS) is 9.50. The summed E-state index contributed by atoms with van der Waals surface area (Å²) < 4.78 is 0. The van der Waals surface area contributed by atoms with Gasteiger partial charge in [-0.25, -0.2) is 0 Å². The van der Waals surface area contributed by atoms with Crippen molar-refractivity contribution in [3.8, 4) is 0 Å². The molecule has 0 atom stereocenters. The molecule has 2 aromatic rings. The van der Waals surface area contributed by atoms with Gasteiger partial charge in [-0.1, -0.05) is 60.7 Å². The lowest BCUT2D eigenvalue weighted by atomic mass is 10.2. The van der Waals surface area contributed by atoms with E-state index in [-0.39, 0.29) is 12.4 Å². The minimum Gasteiger partial charge on any atom is -1.00 e. The zero-order chi connectivity index (χ0) is 10.3. The van der Waals surface area contributed by atoms with Gasteiger partial charge in [0.2, 0.25) is 0 Å². The second-order valence-corrected chi connectivity index (χ2v) is 3.67. The Hall–Kier alpha value is -1.31. The Labute approximate surface area is 103 Å². The van der Waals surface area contributed by atoms with E-state index >= 15 is 0 Å². The van der Waals surface area contributed by atoms with E-state index in [1.807, 2.05) is 0 Å². The Kier molecular flexibility index (Phi) is 5.62. The minimum atomic E-state index is 0. The maximum absolute atomic E-state index is 2.32. The Morgan fingerprint density at radius 2 is 1.00 bits per heavy atom. The highest BCUT2D eigenvalue weighted by atomic mass is 35.5. The molecule has 0 amide bonds. The maximum atomic E-state index is 2.32. The molecule has 0 aliphatic heterocycles. The molecule has 2 rings (SSSR count). The van der Waals surface area contributed by atoms with Crippen molar-refractivity contribution in [2.24, 2.45) is 0 Å². The molecule has 0 bridgehead atoms. The molecule has 0 unspecified atom stereocenters. The van der Waals surface area contributed by atoms with Gasteiger partial charge >= 0.3 is 0 Å². The zero-order valence-corrected chi connectivity index (χ0v) is 9.90. The molecule has 2 aromatic carbocycles. The van der Waals surface area contributed by atoms with E-state index in [0.29, 0.717) is 0 Å². The van der Waals surface area contributed by atoms with Crippen molar-refractivity contribution >= 4 is 0 Å². The summed E-state index contributed by atoms with van der Waals surface area (Å²) in [5.74, 6) is 0. The van der Waals surface area contributed by atoms with E-state index in [2.05, 4.69) is 66.0 Å². The molecule has 1 nitrogen and oxygen atoms in total. The van der Waals surface area contributed by atoms with Gasteiger partial charge in [0.1, 0.15) is 13.1 Å². The van der Waals surface area contributed by atoms with Gasteiger partial charge in [0.15, 0.2) is 0 Å². The van der Waals surface area contributed by atoms with Crippen molar-refractivity contribution in [3.05, 3.63) is 71.8 Å². The lowest BCUT2D eigenvalue weighted by molar-refractivity contribution is -0.686. The molecule has 16 heavy (non-hydrogen) atoms. The van der Waals surface area contributed by atoms with Gasteiger partial charge in [-0.15, -0.1) is 0 Å². The molecule has 0 aromatic heterocycles. The highest BCUT2D eigenvalue weighted by Crippen LogP contribution is 1.96. The molecule has 2 N–H and O–H groups in total. The number of rotatable bonds is 4. The van der Waals surface area contributed by atoms with E-state index in [9.17, 15) is 0 Å². The van der Waals surface area contributed by atoms with Crippen LogP contribution in [0, 0.1) is 0 Å². The first kappa shape index (κ1) is 12.8. The fourth-order valence-electron chi connectivity index (χ4n) is 1.63. The van der Waals surface area contributed by atoms with Crippen LogP contribution < -0.4 is 17.7 Å². The van der Waals surface area contributed by atoms with Crippen molar-refractivity contribution in [1.82, 2.24) is 0 Å². The van der Waals surface area contributed by atoms with Crippen LogP contribution in [0.15, 0.2) is 60.7 Å². The van der Waals surface area contributed by atoms with Gasteiger partial charge in [0.05, 0.1) is 0 Å². The topological polar surface area (TPSA) is 16.6 Å². The molecule has 0 aliphatic carbocycles. The van der Waals surface area contributed by atoms with E-state index in [1.165, 1.54) is 11.1 Å². The summed E-state index contributed by atoms with van der Waals surface area (Å²) in [6.45, 7) is 2.10. The molecular weight excluding hydrogens is 218 g/mol. The second-order valence-electron chi connectivity index (χ2n) is 3.67. The fraction of sp³-hybridized carbons (Fsp3) is 0.143. The van der Waals surface area contributed by atoms with Crippen LogP contribution in [0.4, 0.5) is 0 Å². The van der Waals surface area contributed by atoms with Gasteiger partial charge in [0.25, 0.3) is 0 Å². The molecule has 84 valence electrons. The predicted molar refractivity (Wildman–Crippen MR) is 62.2 cm³/mol. The third-order valence-corrected chi connectivity index (χ3v) is 2.45. The summed E-state index contributed by atoms with van der Waals surface area (Å²) in [5.41, 5.74) is 2.77. The van der Waals surface area contributed by atoms with Crippen LogP contribution in [0.25, 0.3) is 0 Å². The number of halogens is 1. The molecule has 0 saturated carbocycles. The number of benzene rings is 2. The zero-order valence-electron chi connectivity index (χ0n) is 9.14. The summed E-state index contributed by atoms with van der Waals surface area (Å²) in [5, 5.41) is 2.32. The molecule has 0 saturated heterocycles. The van der Waals surface area contributed by atoms with E-state index in [0.717, 1.165) is 13.1 Å². The highest BCUT2D eigenvalue weighted by Gasteiger charge is 1.95.